The molecule has 7 nitrogen and oxygen atoms in total. The lowest BCUT2D eigenvalue weighted by Gasteiger charge is -2.43. The Balaban J connectivity index is 1.63. The van der Waals surface area contributed by atoms with E-state index in [1.807, 2.05) is 44.3 Å². The Bertz CT molecular complexity index is 1490. The summed E-state index contributed by atoms with van der Waals surface area (Å²) >= 11 is 0. The van der Waals surface area contributed by atoms with E-state index in [4.69, 9.17) is 9.16 Å². The first-order valence-electron chi connectivity index (χ1n) is 14.5. The largest absolute Gasteiger partial charge is 0.405 e. The van der Waals surface area contributed by atoms with E-state index in [-0.39, 0.29) is 11.1 Å². The number of likely N-dealkylation sites (N-methyl/N-ethyl adjacent to an activating group) is 1. The monoisotopic (exact) mass is 585 g/mol. The van der Waals surface area contributed by atoms with Crippen molar-refractivity contribution in [2.45, 2.75) is 58.5 Å². The van der Waals surface area contributed by atoms with Crippen LogP contribution >= 0.6 is 0 Å². The number of hydrogen-bond donors (Lipinski definition) is 1. The second-order valence-corrected chi connectivity index (χ2v) is 16.3. The smallest absolute Gasteiger partial charge is 0.330 e. The zero-order valence-corrected chi connectivity index (χ0v) is 26.5. The summed E-state index contributed by atoms with van der Waals surface area (Å²) in [6.07, 6.45) is 0.596. The Morgan fingerprint density at radius 1 is 0.881 bits per heavy atom. The molecule has 0 aliphatic carbocycles. The van der Waals surface area contributed by atoms with Crippen molar-refractivity contribution in [3.63, 3.8) is 0 Å². The molecule has 222 valence electrons. The van der Waals surface area contributed by atoms with Crippen LogP contribution in [-0.4, -0.2) is 49.1 Å². The molecule has 4 aromatic rings. The van der Waals surface area contributed by atoms with Crippen molar-refractivity contribution in [1.29, 1.82) is 0 Å². The van der Waals surface area contributed by atoms with E-state index in [9.17, 15) is 9.59 Å². The van der Waals surface area contributed by atoms with Crippen molar-refractivity contribution < 1.29 is 9.16 Å². The van der Waals surface area contributed by atoms with Gasteiger partial charge in [0, 0.05) is 24.8 Å². The Morgan fingerprint density at radius 3 is 1.93 bits per heavy atom. The highest BCUT2D eigenvalue weighted by molar-refractivity contribution is 6.99. The molecule has 1 heterocycles. The Labute approximate surface area is 249 Å². The first-order chi connectivity index (χ1) is 20.0. The number of H-pyrrole nitrogens is 1. The van der Waals surface area contributed by atoms with Crippen molar-refractivity contribution in [2.24, 2.45) is 0 Å². The minimum atomic E-state index is -2.76. The molecule has 4 rings (SSSR count). The lowest BCUT2D eigenvalue weighted by molar-refractivity contribution is -0.0776. The van der Waals surface area contributed by atoms with E-state index in [0.717, 1.165) is 5.56 Å². The van der Waals surface area contributed by atoms with Crippen LogP contribution in [0.1, 0.15) is 45.0 Å². The summed E-state index contributed by atoms with van der Waals surface area (Å²) in [6, 6.07) is 31.2. The van der Waals surface area contributed by atoms with Crippen molar-refractivity contribution in [3.8, 4) is 0 Å². The maximum atomic E-state index is 13.0. The summed E-state index contributed by atoms with van der Waals surface area (Å²) in [5, 5.41) is 2.22. The lowest BCUT2D eigenvalue weighted by Crippen LogP contribution is -2.67. The summed E-state index contributed by atoms with van der Waals surface area (Å²) < 4.78 is 15.2. The second kappa shape index (κ2) is 13.6. The Morgan fingerprint density at radius 2 is 1.40 bits per heavy atom. The van der Waals surface area contributed by atoms with Gasteiger partial charge in [0.25, 0.3) is 13.9 Å². The van der Waals surface area contributed by atoms with Crippen LogP contribution in [0.5, 0.6) is 0 Å². The molecule has 0 radical (unpaired) electrons. The Hall–Kier alpha value is -3.56. The van der Waals surface area contributed by atoms with Crippen LogP contribution in [0.3, 0.4) is 0 Å². The van der Waals surface area contributed by atoms with Crippen LogP contribution in [-0.2, 0) is 15.7 Å². The van der Waals surface area contributed by atoms with Gasteiger partial charge in [-0.05, 0) is 41.9 Å². The van der Waals surface area contributed by atoms with Crippen molar-refractivity contribution in [2.75, 3.05) is 20.2 Å². The van der Waals surface area contributed by atoms with Crippen molar-refractivity contribution in [1.82, 2.24) is 14.5 Å². The molecule has 0 aliphatic rings. The summed E-state index contributed by atoms with van der Waals surface area (Å²) in [5.41, 5.74) is 0.719. The third-order valence-electron chi connectivity index (χ3n) is 7.56. The molecule has 1 N–H and O–H groups in total. The summed E-state index contributed by atoms with van der Waals surface area (Å²) in [7, 11) is -0.763. The fourth-order valence-electron chi connectivity index (χ4n) is 5.53. The Kier molecular flexibility index (Phi) is 10.2. The minimum absolute atomic E-state index is 0.169. The number of benzene rings is 3. The van der Waals surface area contributed by atoms with Gasteiger partial charge in [0.15, 0.2) is 6.23 Å². The van der Waals surface area contributed by atoms with Crippen LogP contribution in [0, 0.1) is 6.92 Å². The highest BCUT2D eigenvalue weighted by atomic mass is 28.4. The third-order valence-corrected chi connectivity index (χ3v) is 12.6. The molecule has 3 aromatic carbocycles. The van der Waals surface area contributed by atoms with Crippen LogP contribution < -0.4 is 21.6 Å². The number of nitrogens with zero attached hydrogens (tertiary/aromatic N) is 2. The predicted octanol–water partition coefficient (Wildman–Crippen LogP) is 4.46. The minimum Gasteiger partial charge on any atom is -0.405 e. The van der Waals surface area contributed by atoms with E-state index in [1.165, 1.54) is 14.9 Å². The SMILES string of the molecule is Cc1cn(C(CN(C)Cc2ccccc2)OC(C)CO[Si](c2ccccc2)(c2ccccc2)C(C)(C)C)c(=O)[nH]c1=O. The van der Waals surface area contributed by atoms with Gasteiger partial charge in [0.2, 0.25) is 0 Å². The van der Waals surface area contributed by atoms with E-state index < -0.39 is 25.8 Å². The number of nitrogens with one attached hydrogen (secondary N) is 1. The average Bonchev–Trinajstić information content (AvgIpc) is 2.96. The topological polar surface area (TPSA) is 76.6 Å². The van der Waals surface area contributed by atoms with E-state index >= 15 is 0 Å². The molecular formula is C34H43N3O4Si. The number of rotatable bonds is 12. The van der Waals surface area contributed by atoms with E-state index in [2.05, 4.69) is 91.3 Å². The maximum Gasteiger partial charge on any atom is 0.330 e. The normalized spacial score (nSPS) is 13.7. The molecule has 0 amide bonds. The fraction of sp³-hybridized carbons (Fsp3) is 0.353. The lowest BCUT2D eigenvalue weighted by atomic mass is 10.2. The molecule has 0 saturated heterocycles. The van der Waals surface area contributed by atoms with Gasteiger partial charge in [-0.2, -0.15) is 0 Å². The molecule has 0 saturated carbocycles. The van der Waals surface area contributed by atoms with Gasteiger partial charge < -0.3 is 9.16 Å². The molecule has 2 unspecified atom stereocenters. The van der Waals surface area contributed by atoms with Crippen LogP contribution in [0.2, 0.25) is 5.04 Å². The van der Waals surface area contributed by atoms with Crippen molar-refractivity contribution >= 4 is 18.7 Å². The number of ether oxygens (including phenoxy) is 1. The summed E-state index contributed by atoms with van der Waals surface area (Å²) in [6.45, 7) is 11.9. The van der Waals surface area contributed by atoms with Gasteiger partial charge in [0.1, 0.15) is 0 Å². The summed E-state index contributed by atoms with van der Waals surface area (Å²) in [5.74, 6) is 0. The highest BCUT2D eigenvalue weighted by Gasteiger charge is 2.50. The zero-order chi connectivity index (χ0) is 30.3. The van der Waals surface area contributed by atoms with Crippen molar-refractivity contribution in [3.05, 3.63) is 129 Å². The maximum absolute atomic E-state index is 13.0. The number of hydrogen-bond acceptors (Lipinski definition) is 5. The first kappa shape index (κ1) is 31.4. The summed E-state index contributed by atoms with van der Waals surface area (Å²) in [4.78, 5) is 29.6. The molecule has 8 heteroatoms. The molecule has 0 spiro atoms. The van der Waals surface area contributed by atoms with Crippen LogP contribution in [0.25, 0.3) is 0 Å². The fourth-order valence-corrected chi connectivity index (χ4v) is 10.2. The van der Waals surface area contributed by atoms with Crippen LogP contribution in [0.4, 0.5) is 0 Å². The molecule has 0 bridgehead atoms. The second-order valence-electron chi connectivity index (χ2n) is 12.0. The molecular weight excluding hydrogens is 542 g/mol. The highest BCUT2D eigenvalue weighted by Crippen LogP contribution is 2.37. The quantitative estimate of drug-likeness (QED) is 0.249. The molecule has 2 atom stereocenters. The molecule has 0 fully saturated rings. The first-order valence-corrected chi connectivity index (χ1v) is 16.4. The molecule has 42 heavy (non-hydrogen) atoms. The zero-order valence-electron chi connectivity index (χ0n) is 25.5. The van der Waals surface area contributed by atoms with Gasteiger partial charge >= 0.3 is 5.69 Å². The molecule has 1 aromatic heterocycles. The standard InChI is InChI=1S/C34H43N3O4Si/c1-26-22-37(33(39)35-32(26)38)31(24-36(6)23-28-16-10-7-11-17-28)41-27(2)25-40-42(34(3,4)5,29-18-12-8-13-19-29)30-20-14-9-15-21-30/h7-22,27,31H,23-25H2,1-6H3,(H,35,38,39). The van der Waals surface area contributed by atoms with E-state index in [0.29, 0.717) is 25.3 Å². The third kappa shape index (κ3) is 7.25. The number of aryl methyl sites for hydroxylation is 1. The van der Waals surface area contributed by atoms with Gasteiger partial charge in [-0.3, -0.25) is 19.2 Å². The van der Waals surface area contributed by atoms with Gasteiger partial charge in [-0.25, -0.2) is 4.79 Å². The van der Waals surface area contributed by atoms with E-state index in [1.54, 1.807) is 13.1 Å². The number of aromatic amines is 1. The van der Waals surface area contributed by atoms with Gasteiger partial charge in [-0.15, -0.1) is 0 Å². The van der Waals surface area contributed by atoms with Gasteiger partial charge in [-0.1, -0.05) is 112 Å². The van der Waals surface area contributed by atoms with Gasteiger partial charge in [0.05, 0.1) is 12.7 Å². The molecule has 0 aliphatic heterocycles. The van der Waals surface area contributed by atoms with Crippen LogP contribution in [0.15, 0.2) is 107 Å². The number of aromatic nitrogens is 2. The predicted molar refractivity (Wildman–Crippen MR) is 172 cm³/mol. The average molecular weight is 586 g/mol.